The number of rotatable bonds is 5. The van der Waals surface area contributed by atoms with Gasteiger partial charge in [0, 0.05) is 10.0 Å². The number of halogens is 3. The molecule has 0 radical (unpaired) electrons. The van der Waals surface area contributed by atoms with Crippen molar-refractivity contribution in [3.63, 3.8) is 0 Å². The summed E-state index contributed by atoms with van der Waals surface area (Å²) in [7, 11) is 0. The number of hydrogen-bond donors (Lipinski definition) is 0. The first-order valence-electron chi connectivity index (χ1n) is 9.35. The van der Waals surface area contributed by atoms with Crippen LogP contribution in [0.4, 0.5) is 0 Å². The van der Waals surface area contributed by atoms with Crippen molar-refractivity contribution in [2.24, 2.45) is 4.99 Å². The Balaban J connectivity index is 1.56. The van der Waals surface area contributed by atoms with E-state index in [0.29, 0.717) is 12.5 Å². The number of aliphatic imine (C=N–C) groups is 1. The smallest absolute Gasteiger partial charge is 0.363 e. The fourth-order valence-corrected chi connectivity index (χ4v) is 5.40. The van der Waals surface area contributed by atoms with Gasteiger partial charge in [0.15, 0.2) is 5.70 Å². The second-order valence-electron chi connectivity index (χ2n) is 6.87. The standard InChI is InChI=1S/C24H16BrI2NO3/c1-14-4-2-3-5-17(14)13-30-22-19(26)10-15(11-20(22)27)12-21-24(29)31-23(28-21)16-6-8-18(25)9-7-16/h2-12H,13H2,1H3/b21-12-. The fraction of sp³-hybridized carbons (Fsp3) is 0.0833. The molecule has 0 unspecified atom stereocenters. The Morgan fingerprint density at radius 1 is 1.06 bits per heavy atom. The predicted molar refractivity (Wildman–Crippen MR) is 142 cm³/mol. The molecule has 31 heavy (non-hydrogen) atoms. The van der Waals surface area contributed by atoms with E-state index in [9.17, 15) is 4.79 Å². The van der Waals surface area contributed by atoms with Crippen LogP contribution in [0.5, 0.6) is 5.75 Å². The van der Waals surface area contributed by atoms with Gasteiger partial charge < -0.3 is 9.47 Å². The largest absolute Gasteiger partial charge is 0.487 e. The highest BCUT2D eigenvalue weighted by atomic mass is 127. The average molecular weight is 700 g/mol. The van der Waals surface area contributed by atoms with Crippen molar-refractivity contribution in [1.29, 1.82) is 0 Å². The number of ether oxygens (including phenoxy) is 2. The van der Waals surface area contributed by atoms with E-state index in [1.807, 2.05) is 48.5 Å². The summed E-state index contributed by atoms with van der Waals surface area (Å²) in [5, 5.41) is 0. The maximum absolute atomic E-state index is 12.3. The molecule has 0 amide bonds. The van der Waals surface area contributed by atoms with E-state index in [1.54, 1.807) is 6.08 Å². The van der Waals surface area contributed by atoms with E-state index >= 15 is 0 Å². The van der Waals surface area contributed by atoms with Crippen molar-refractivity contribution < 1.29 is 14.3 Å². The highest BCUT2D eigenvalue weighted by Crippen LogP contribution is 2.31. The molecular formula is C24H16BrI2NO3. The molecular weight excluding hydrogens is 684 g/mol. The van der Waals surface area contributed by atoms with Gasteiger partial charge in [0.05, 0.1) is 7.14 Å². The van der Waals surface area contributed by atoms with E-state index < -0.39 is 5.97 Å². The van der Waals surface area contributed by atoms with Gasteiger partial charge in [-0.15, -0.1) is 0 Å². The number of nitrogens with zero attached hydrogens (tertiary/aromatic N) is 1. The molecule has 0 spiro atoms. The highest BCUT2D eigenvalue weighted by molar-refractivity contribution is 14.1. The second-order valence-corrected chi connectivity index (χ2v) is 10.1. The van der Waals surface area contributed by atoms with Crippen molar-refractivity contribution >= 4 is 79.1 Å². The number of hydrogen-bond acceptors (Lipinski definition) is 4. The Hall–Kier alpha value is -1.72. The number of carbonyl (C=O) groups is 1. The van der Waals surface area contributed by atoms with E-state index in [1.165, 1.54) is 5.56 Å². The molecule has 0 aromatic heterocycles. The third-order valence-corrected chi connectivity index (χ3v) is 6.80. The number of aryl methyl sites for hydroxylation is 1. The Bertz CT molecular complexity index is 1200. The van der Waals surface area contributed by atoms with Crippen LogP contribution in [-0.4, -0.2) is 11.9 Å². The second kappa shape index (κ2) is 9.83. The molecule has 0 saturated carbocycles. The minimum atomic E-state index is -0.456. The maximum Gasteiger partial charge on any atom is 0.363 e. The molecule has 0 aliphatic carbocycles. The molecule has 4 nitrogen and oxygen atoms in total. The van der Waals surface area contributed by atoms with Crippen molar-refractivity contribution in [1.82, 2.24) is 0 Å². The first-order valence-corrected chi connectivity index (χ1v) is 12.3. The Morgan fingerprint density at radius 2 is 1.74 bits per heavy atom. The zero-order valence-electron chi connectivity index (χ0n) is 16.4. The lowest BCUT2D eigenvalue weighted by molar-refractivity contribution is -0.129. The molecule has 3 aromatic rings. The highest BCUT2D eigenvalue weighted by Gasteiger charge is 2.24. The van der Waals surface area contributed by atoms with Crippen LogP contribution < -0.4 is 4.74 Å². The van der Waals surface area contributed by atoms with Gasteiger partial charge in [-0.1, -0.05) is 40.2 Å². The van der Waals surface area contributed by atoms with E-state index in [2.05, 4.69) is 85.2 Å². The number of esters is 1. The first-order chi connectivity index (χ1) is 14.9. The lowest BCUT2D eigenvalue weighted by Gasteiger charge is -2.13. The van der Waals surface area contributed by atoms with Crippen molar-refractivity contribution in [3.05, 3.63) is 100 Å². The minimum absolute atomic E-state index is 0.276. The lowest BCUT2D eigenvalue weighted by Crippen LogP contribution is -2.05. The van der Waals surface area contributed by atoms with Gasteiger partial charge in [-0.05, 0) is 111 Å². The molecule has 1 heterocycles. The summed E-state index contributed by atoms with van der Waals surface area (Å²) in [6.45, 7) is 2.58. The maximum atomic E-state index is 12.3. The van der Waals surface area contributed by atoms with Crippen LogP contribution in [0.25, 0.3) is 6.08 Å². The van der Waals surface area contributed by atoms with Crippen LogP contribution in [-0.2, 0) is 16.1 Å². The minimum Gasteiger partial charge on any atom is -0.487 e. The summed E-state index contributed by atoms with van der Waals surface area (Å²) in [6.07, 6.45) is 1.74. The van der Waals surface area contributed by atoms with Crippen LogP contribution in [0.1, 0.15) is 22.3 Å². The number of benzene rings is 3. The van der Waals surface area contributed by atoms with Gasteiger partial charge >= 0.3 is 5.97 Å². The Kier molecular flexibility index (Phi) is 7.12. The third-order valence-electron chi connectivity index (χ3n) is 4.67. The van der Waals surface area contributed by atoms with Crippen molar-refractivity contribution in [2.45, 2.75) is 13.5 Å². The zero-order valence-corrected chi connectivity index (χ0v) is 22.3. The molecule has 1 aliphatic heterocycles. The van der Waals surface area contributed by atoms with Gasteiger partial charge in [-0.3, -0.25) is 0 Å². The quantitative estimate of drug-likeness (QED) is 0.166. The summed E-state index contributed by atoms with van der Waals surface area (Å²) in [6, 6.07) is 19.6. The molecule has 3 aromatic carbocycles. The van der Waals surface area contributed by atoms with Gasteiger partial charge in [-0.2, -0.15) is 0 Å². The fourth-order valence-electron chi connectivity index (χ4n) is 3.01. The van der Waals surface area contributed by atoms with Crippen molar-refractivity contribution in [2.75, 3.05) is 0 Å². The van der Waals surface area contributed by atoms with Gasteiger partial charge in [0.2, 0.25) is 5.90 Å². The van der Waals surface area contributed by atoms with Gasteiger partial charge in [0.1, 0.15) is 12.4 Å². The average Bonchev–Trinajstić information content (AvgIpc) is 3.09. The molecule has 156 valence electrons. The molecule has 0 N–H and O–H groups in total. The van der Waals surface area contributed by atoms with E-state index in [-0.39, 0.29) is 5.70 Å². The molecule has 1 aliphatic rings. The SMILES string of the molecule is Cc1ccccc1COc1c(I)cc(/C=C2\N=C(c3ccc(Br)cc3)OC2=O)cc1I. The van der Waals surface area contributed by atoms with E-state index in [0.717, 1.165) is 34.1 Å². The van der Waals surface area contributed by atoms with Crippen LogP contribution in [0.2, 0.25) is 0 Å². The van der Waals surface area contributed by atoms with Crippen molar-refractivity contribution in [3.8, 4) is 5.75 Å². The number of cyclic esters (lactones) is 1. The molecule has 7 heteroatoms. The summed E-state index contributed by atoms with van der Waals surface area (Å²) in [5.74, 6) is 0.689. The summed E-state index contributed by atoms with van der Waals surface area (Å²) in [4.78, 5) is 16.7. The van der Waals surface area contributed by atoms with Crippen LogP contribution in [0.15, 0.2) is 75.8 Å². The molecule has 0 fully saturated rings. The monoisotopic (exact) mass is 699 g/mol. The molecule has 4 rings (SSSR count). The zero-order chi connectivity index (χ0) is 22.0. The topological polar surface area (TPSA) is 47.9 Å². The first kappa shape index (κ1) is 22.5. The van der Waals surface area contributed by atoms with Crippen LogP contribution in [0.3, 0.4) is 0 Å². The van der Waals surface area contributed by atoms with Gasteiger partial charge in [0.25, 0.3) is 0 Å². The normalized spacial score (nSPS) is 14.5. The molecule has 0 saturated heterocycles. The summed E-state index contributed by atoms with van der Waals surface area (Å²) < 4.78 is 14.3. The lowest BCUT2D eigenvalue weighted by atomic mass is 10.1. The Labute approximate surface area is 216 Å². The van der Waals surface area contributed by atoms with E-state index in [4.69, 9.17) is 9.47 Å². The van der Waals surface area contributed by atoms with Crippen LogP contribution in [0, 0.1) is 14.1 Å². The number of carbonyl (C=O) groups excluding carboxylic acids is 1. The summed E-state index contributed by atoms with van der Waals surface area (Å²) in [5.41, 5.74) is 4.25. The van der Waals surface area contributed by atoms with Crippen LogP contribution >= 0.6 is 61.1 Å². The van der Waals surface area contributed by atoms with Gasteiger partial charge in [-0.25, -0.2) is 9.79 Å². The predicted octanol–water partition coefficient (Wildman–Crippen LogP) is 6.89. The Morgan fingerprint density at radius 3 is 2.42 bits per heavy atom. The third kappa shape index (κ3) is 5.38. The molecule has 0 bridgehead atoms. The molecule has 0 atom stereocenters. The summed E-state index contributed by atoms with van der Waals surface area (Å²) >= 11 is 7.91.